The summed E-state index contributed by atoms with van der Waals surface area (Å²) in [6, 6.07) is 0. The molecule has 1 aromatic rings. The van der Waals surface area contributed by atoms with E-state index < -0.39 is 0 Å². The SMILES string of the molecule is CCCN(Cc1cnc[nH]1)CC1CCCNC1. The fourth-order valence-corrected chi connectivity index (χ4v) is 2.61. The van der Waals surface area contributed by atoms with Gasteiger partial charge in [0.2, 0.25) is 0 Å². The van der Waals surface area contributed by atoms with Crippen molar-refractivity contribution in [3.8, 4) is 0 Å². The Morgan fingerprint density at radius 2 is 2.47 bits per heavy atom. The Hall–Kier alpha value is -0.870. The average Bonchev–Trinajstić information content (AvgIpc) is 2.83. The van der Waals surface area contributed by atoms with E-state index in [-0.39, 0.29) is 0 Å². The van der Waals surface area contributed by atoms with Crippen LogP contribution in [0, 0.1) is 5.92 Å². The van der Waals surface area contributed by atoms with Crippen molar-refractivity contribution in [2.45, 2.75) is 32.7 Å². The number of hydrogen-bond donors (Lipinski definition) is 2. The Morgan fingerprint density at radius 1 is 1.53 bits per heavy atom. The van der Waals surface area contributed by atoms with Crippen LogP contribution in [-0.4, -0.2) is 41.0 Å². The summed E-state index contributed by atoms with van der Waals surface area (Å²) in [5.74, 6) is 0.818. The maximum Gasteiger partial charge on any atom is 0.0922 e. The van der Waals surface area contributed by atoms with Crippen molar-refractivity contribution in [3.05, 3.63) is 18.2 Å². The van der Waals surface area contributed by atoms with Crippen LogP contribution >= 0.6 is 0 Å². The molecule has 1 unspecified atom stereocenters. The van der Waals surface area contributed by atoms with E-state index in [1.807, 2.05) is 6.20 Å². The second kappa shape index (κ2) is 6.77. The van der Waals surface area contributed by atoms with Gasteiger partial charge in [-0.15, -0.1) is 0 Å². The quantitative estimate of drug-likeness (QED) is 0.789. The molecule has 1 fully saturated rings. The number of nitrogens with zero attached hydrogens (tertiary/aromatic N) is 2. The molecule has 0 spiro atoms. The molecule has 1 aliphatic rings. The van der Waals surface area contributed by atoms with Gasteiger partial charge in [0.25, 0.3) is 0 Å². The summed E-state index contributed by atoms with van der Waals surface area (Å²) in [7, 11) is 0. The molecule has 2 heterocycles. The number of aromatic amines is 1. The van der Waals surface area contributed by atoms with Crippen molar-refractivity contribution >= 4 is 0 Å². The number of aromatic nitrogens is 2. The number of imidazole rings is 1. The fourth-order valence-electron chi connectivity index (χ4n) is 2.61. The van der Waals surface area contributed by atoms with Crippen LogP contribution in [0.4, 0.5) is 0 Å². The highest BCUT2D eigenvalue weighted by atomic mass is 15.1. The van der Waals surface area contributed by atoms with Crippen LogP contribution in [0.2, 0.25) is 0 Å². The lowest BCUT2D eigenvalue weighted by Gasteiger charge is -2.29. The molecular weight excluding hydrogens is 212 g/mol. The van der Waals surface area contributed by atoms with Gasteiger partial charge in [-0.05, 0) is 44.8 Å². The number of piperidine rings is 1. The first-order valence-electron chi connectivity index (χ1n) is 6.78. The van der Waals surface area contributed by atoms with Crippen LogP contribution in [0.25, 0.3) is 0 Å². The number of H-pyrrole nitrogens is 1. The second-order valence-electron chi connectivity index (χ2n) is 5.02. The number of hydrogen-bond acceptors (Lipinski definition) is 3. The number of rotatable bonds is 6. The minimum atomic E-state index is 0.818. The summed E-state index contributed by atoms with van der Waals surface area (Å²) < 4.78 is 0. The molecule has 0 saturated carbocycles. The van der Waals surface area contributed by atoms with E-state index in [4.69, 9.17) is 0 Å². The molecule has 1 aliphatic heterocycles. The van der Waals surface area contributed by atoms with Crippen LogP contribution in [0.3, 0.4) is 0 Å². The van der Waals surface area contributed by atoms with Gasteiger partial charge in [-0.25, -0.2) is 4.98 Å². The third-order valence-electron chi connectivity index (χ3n) is 3.40. The van der Waals surface area contributed by atoms with Crippen molar-refractivity contribution < 1.29 is 0 Å². The molecule has 2 rings (SSSR count). The molecule has 2 N–H and O–H groups in total. The highest BCUT2D eigenvalue weighted by Crippen LogP contribution is 2.13. The van der Waals surface area contributed by atoms with Gasteiger partial charge in [0.05, 0.1) is 6.33 Å². The Labute approximate surface area is 104 Å². The van der Waals surface area contributed by atoms with E-state index in [0.29, 0.717) is 0 Å². The standard InChI is InChI=1S/C13H24N4/c1-2-6-17(10-13-8-15-11-16-13)9-12-4-3-5-14-7-12/h8,11-12,14H,2-7,9-10H2,1H3,(H,15,16). The smallest absolute Gasteiger partial charge is 0.0922 e. The van der Waals surface area contributed by atoms with Gasteiger partial charge < -0.3 is 10.3 Å². The molecule has 17 heavy (non-hydrogen) atoms. The molecule has 1 aromatic heterocycles. The highest BCUT2D eigenvalue weighted by Gasteiger charge is 2.16. The summed E-state index contributed by atoms with van der Waals surface area (Å²) in [5.41, 5.74) is 1.22. The van der Waals surface area contributed by atoms with E-state index in [1.54, 1.807) is 6.33 Å². The third-order valence-corrected chi connectivity index (χ3v) is 3.40. The molecule has 0 aliphatic carbocycles. The largest absolute Gasteiger partial charge is 0.347 e. The lowest BCUT2D eigenvalue weighted by molar-refractivity contribution is 0.199. The summed E-state index contributed by atoms with van der Waals surface area (Å²) >= 11 is 0. The molecule has 0 amide bonds. The topological polar surface area (TPSA) is 44.0 Å². The molecule has 0 aromatic carbocycles. The zero-order valence-corrected chi connectivity index (χ0v) is 10.8. The predicted octanol–water partition coefficient (Wildman–Crippen LogP) is 1.62. The second-order valence-corrected chi connectivity index (χ2v) is 5.02. The van der Waals surface area contributed by atoms with Crippen molar-refractivity contribution in [1.82, 2.24) is 20.2 Å². The van der Waals surface area contributed by atoms with Gasteiger partial charge in [0, 0.05) is 25.0 Å². The average molecular weight is 236 g/mol. The maximum absolute atomic E-state index is 4.09. The van der Waals surface area contributed by atoms with Crippen LogP contribution in [0.1, 0.15) is 31.9 Å². The van der Waals surface area contributed by atoms with Gasteiger partial charge in [0.15, 0.2) is 0 Å². The predicted molar refractivity (Wildman–Crippen MR) is 69.7 cm³/mol. The first-order valence-corrected chi connectivity index (χ1v) is 6.78. The van der Waals surface area contributed by atoms with Crippen LogP contribution < -0.4 is 5.32 Å². The van der Waals surface area contributed by atoms with E-state index in [0.717, 1.165) is 12.5 Å². The first kappa shape index (κ1) is 12.6. The van der Waals surface area contributed by atoms with Crippen LogP contribution in [-0.2, 0) is 6.54 Å². The van der Waals surface area contributed by atoms with Crippen molar-refractivity contribution in [3.63, 3.8) is 0 Å². The number of nitrogens with one attached hydrogen (secondary N) is 2. The molecule has 96 valence electrons. The van der Waals surface area contributed by atoms with Crippen molar-refractivity contribution in [2.24, 2.45) is 5.92 Å². The fraction of sp³-hybridized carbons (Fsp3) is 0.769. The Kier molecular flexibility index (Phi) is 5.01. The van der Waals surface area contributed by atoms with Crippen LogP contribution in [0.5, 0.6) is 0 Å². The highest BCUT2D eigenvalue weighted by molar-refractivity contribution is 4.94. The molecular formula is C13H24N4. The van der Waals surface area contributed by atoms with Gasteiger partial charge in [-0.3, -0.25) is 4.90 Å². The van der Waals surface area contributed by atoms with Gasteiger partial charge >= 0.3 is 0 Å². The molecule has 4 nitrogen and oxygen atoms in total. The van der Waals surface area contributed by atoms with Gasteiger partial charge in [-0.2, -0.15) is 0 Å². The van der Waals surface area contributed by atoms with Crippen LogP contribution in [0.15, 0.2) is 12.5 Å². The molecule has 4 heteroatoms. The van der Waals surface area contributed by atoms with Gasteiger partial charge in [0.1, 0.15) is 0 Å². The monoisotopic (exact) mass is 236 g/mol. The summed E-state index contributed by atoms with van der Waals surface area (Å²) in [6.07, 6.45) is 7.61. The molecule has 1 atom stereocenters. The minimum absolute atomic E-state index is 0.818. The summed E-state index contributed by atoms with van der Waals surface area (Å²) in [4.78, 5) is 9.83. The third kappa shape index (κ3) is 4.13. The van der Waals surface area contributed by atoms with E-state index in [1.165, 1.54) is 51.1 Å². The Balaban J connectivity index is 1.83. The lowest BCUT2D eigenvalue weighted by atomic mass is 9.99. The molecule has 0 bridgehead atoms. The van der Waals surface area contributed by atoms with E-state index in [9.17, 15) is 0 Å². The summed E-state index contributed by atoms with van der Waals surface area (Å²) in [6.45, 7) is 8.02. The Morgan fingerprint density at radius 3 is 3.12 bits per heavy atom. The van der Waals surface area contributed by atoms with Crippen molar-refractivity contribution in [2.75, 3.05) is 26.2 Å². The van der Waals surface area contributed by atoms with E-state index >= 15 is 0 Å². The van der Waals surface area contributed by atoms with Crippen molar-refractivity contribution in [1.29, 1.82) is 0 Å². The molecule has 1 saturated heterocycles. The zero-order chi connectivity index (χ0) is 11.9. The normalized spacial score (nSPS) is 20.9. The first-order chi connectivity index (χ1) is 8.38. The molecule has 0 radical (unpaired) electrons. The Bertz CT molecular complexity index is 290. The summed E-state index contributed by atoms with van der Waals surface area (Å²) in [5, 5.41) is 3.49. The van der Waals surface area contributed by atoms with E-state index in [2.05, 4.69) is 27.1 Å². The minimum Gasteiger partial charge on any atom is -0.347 e. The maximum atomic E-state index is 4.09. The lowest BCUT2D eigenvalue weighted by Crippen LogP contribution is -2.38. The zero-order valence-electron chi connectivity index (χ0n) is 10.8. The van der Waals surface area contributed by atoms with Gasteiger partial charge in [-0.1, -0.05) is 6.92 Å².